The Labute approximate surface area is 98.8 Å². The number of carbonyl (C=O) groups excluding carboxylic acids is 1. The van der Waals surface area contributed by atoms with Gasteiger partial charge in [-0.25, -0.2) is 14.4 Å². The van der Waals surface area contributed by atoms with Gasteiger partial charge in [-0.3, -0.25) is 4.79 Å². The average Bonchev–Trinajstić information content (AvgIpc) is 2.66. The Morgan fingerprint density at radius 1 is 1.53 bits per heavy atom. The number of aryl methyl sites for hydroxylation is 1. The summed E-state index contributed by atoms with van der Waals surface area (Å²) in [4.78, 5) is 21.0. The van der Waals surface area contributed by atoms with Crippen LogP contribution in [0.1, 0.15) is 17.7 Å². The summed E-state index contributed by atoms with van der Waals surface area (Å²) in [5.41, 5.74) is 4.88. The van der Waals surface area contributed by atoms with Crippen molar-refractivity contribution < 1.29 is 9.18 Å². The number of hydrogen-bond donors (Lipinski definition) is 1. The molecular formula is C11H15FN4O. The molecule has 17 heavy (non-hydrogen) atoms. The summed E-state index contributed by atoms with van der Waals surface area (Å²) in [5.74, 6) is -0.221. The monoisotopic (exact) mass is 238 g/mol. The van der Waals surface area contributed by atoms with Crippen LogP contribution in [0.4, 0.5) is 10.2 Å². The van der Waals surface area contributed by atoms with E-state index in [2.05, 4.69) is 9.97 Å². The van der Waals surface area contributed by atoms with Crippen LogP contribution in [-0.2, 0) is 4.79 Å². The highest BCUT2D eigenvalue weighted by Crippen LogP contribution is 2.30. The molecule has 6 heteroatoms. The molecule has 1 saturated heterocycles. The number of carbonyl (C=O) groups is 1. The van der Waals surface area contributed by atoms with Gasteiger partial charge >= 0.3 is 0 Å². The van der Waals surface area contributed by atoms with Gasteiger partial charge in [0, 0.05) is 24.2 Å². The van der Waals surface area contributed by atoms with Gasteiger partial charge in [0.1, 0.15) is 12.1 Å². The number of aromatic nitrogens is 2. The number of nitrogens with two attached hydrogens (primary N) is 1. The van der Waals surface area contributed by atoms with E-state index in [1.807, 2.05) is 13.8 Å². The molecule has 0 spiro atoms. The van der Waals surface area contributed by atoms with Gasteiger partial charge in [-0.2, -0.15) is 0 Å². The molecular weight excluding hydrogens is 223 g/mol. The Hall–Kier alpha value is -1.72. The minimum atomic E-state index is -1.94. The molecule has 1 atom stereocenters. The zero-order chi connectivity index (χ0) is 12.6. The highest BCUT2D eigenvalue weighted by molar-refractivity contribution is 5.85. The molecule has 5 nitrogen and oxygen atoms in total. The highest BCUT2D eigenvalue weighted by atomic mass is 19.1. The minimum Gasteiger partial charge on any atom is -0.367 e. The first-order chi connectivity index (χ1) is 7.94. The predicted molar refractivity (Wildman–Crippen MR) is 61.4 cm³/mol. The fraction of sp³-hybridized carbons (Fsp3) is 0.545. The number of rotatable bonds is 2. The van der Waals surface area contributed by atoms with E-state index in [0.717, 1.165) is 11.3 Å². The Kier molecular flexibility index (Phi) is 2.73. The number of primary amides is 1. The first-order valence-electron chi connectivity index (χ1n) is 5.46. The van der Waals surface area contributed by atoms with Gasteiger partial charge in [0.2, 0.25) is 5.67 Å². The van der Waals surface area contributed by atoms with Crippen LogP contribution in [-0.4, -0.2) is 34.6 Å². The molecule has 1 aliphatic rings. The van der Waals surface area contributed by atoms with Crippen molar-refractivity contribution in [2.24, 2.45) is 5.73 Å². The van der Waals surface area contributed by atoms with Crippen LogP contribution in [0.5, 0.6) is 0 Å². The maximum absolute atomic E-state index is 14.0. The third kappa shape index (κ3) is 1.94. The van der Waals surface area contributed by atoms with Gasteiger partial charge in [0.15, 0.2) is 0 Å². The minimum absolute atomic E-state index is 0.0281. The summed E-state index contributed by atoms with van der Waals surface area (Å²) in [6.07, 6.45) is 1.56. The topological polar surface area (TPSA) is 72.1 Å². The normalized spacial score (nSPS) is 24.1. The molecule has 1 aromatic rings. The standard InChI is InChI=1S/C11H15FN4O/c1-7-8(2)14-6-15-9(7)16-4-3-11(12,5-16)10(13)17/h6H,3-5H2,1-2H3,(H2,13,17). The zero-order valence-corrected chi connectivity index (χ0v) is 9.90. The lowest BCUT2D eigenvalue weighted by molar-refractivity contribution is -0.128. The number of halogens is 1. The Morgan fingerprint density at radius 3 is 2.82 bits per heavy atom. The summed E-state index contributed by atoms with van der Waals surface area (Å²) in [6, 6.07) is 0. The predicted octanol–water partition coefficient (Wildman–Crippen LogP) is 0.497. The molecule has 1 amide bonds. The van der Waals surface area contributed by atoms with Crippen LogP contribution < -0.4 is 10.6 Å². The van der Waals surface area contributed by atoms with Crippen molar-refractivity contribution in [3.63, 3.8) is 0 Å². The number of alkyl halides is 1. The number of amides is 1. The van der Waals surface area contributed by atoms with Gasteiger partial charge in [-0.15, -0.1) is 0 Å². The van der Waals surface area contributed by atoms with E-state index in [0.29, 0.717) is 12.4 Å². The molecule has 92 valence electrons. The number of anilines is 1. The molecule has 0 aromatic carbocycles. The van der Waals surface area contributed by atoms with Crippen LogP contribution in [0.3, 0.4) is 0 Å². The largest absolute Gasteiger partial charge is 0.367 e. The third-order valence-electron chi connectivity index (χ3n) is 3.27. The SMILES string of the molecule is Cc1ncnc(N2CCC(F)(C(N)=O)C2)c1C. The second kappa shape index (κ2) is 3.94. The lowest BCUT2D eigenvalue weighted by Crippen LogP contribution is -2.42. The van der Waals surface area contributed by atoms with Crippen LogP contribution in [0, 0.1) is 13.8 Å². The summed E-state index contributed by atoms with van der Waals surface area (Å²) in [6.45, 7) is 4.16. The van der Waals surface area contributed by atoms with Crippen molar-refractivity contribution in [1.29, 1.82) is 0 Å². The number of hydrogen-bond acceptors (Lipinski definition) is 4. The maximum Gasteiger partial charge on any atom is 0.257 e. The lowest BCUT2D eigenvalue weighted by atomic mass is 10.1. The summed E-state index contributed by atoms with van der Waals surface area (Å²) in [7, 11) is 0. The first-order valence-corrected chi connectivity index (χ1v) is 5.46. The maximum atomic E-state index is 14.0. The lowest BCUT2D eigenvalue weighted by Gasteiger charge is -2.21. The van der Waals surface area contributed by atoms with Crippen molar-refractivity contribution in [2.45, 2.75) is 25.9 Å². The summed E-state index contributed by atoms with van der Waals surface area (Å²) < 4.78 is 14.0. The molecule has 1 aromatic heterocycles. The molecule has 2 N–H and O–H groups in total. The molecule has 0 aliphatic carbocycles. The van der Waals surface area contributed by atoms with E-state index in [4.69, 9.17) is 5.73 Å². The van der Waals surface area contributed by atoms with Crippen molar-refractivity contribution in [2.75, 3.05) is 18.0 Å². The van der Waals surface area contributed by atoms with E-state index in [1.54, 1.807) is 4.90 Å². The molecule has 2 heterocycles. The Morgan fingerprint density at radius 2 is 2.24 bits per heavy atom. The van der Waals surface area contributed by atoms with Crippen molar-refractivity contribution >= 4 is 11.7 Å². The molecule has 2 rings (SSSR count). The zero-order valence-electron chi connectivity index (χ0n) is 9.90. The van der Waals surface area contributed by atoms with Gasteiger partial charge in [0.05, 0.1) is 6.54 Å². The van der Waals surface area contributed by atoms with Gasteiger partial charge in [-0.05, 0) is 13.8 Å². The van der Waals surface area contributed by atoms with Crippen LogP contribution in [0.25, 0.3) is 0 Å². The van der Waals surface area contributed by atoms with Crippen molar-refractivity contribution in [1.82, 2.24) is 9.97 Å². The highest BCUT2D eigenvalue weighted by Gasteiger charge is 2.44. The first kappa shape index (κ1) is 11.8. The molecule has 0 saturated carbocycles. The number of nitrogens with zero attached hydrogens (tertiary/aromatic N) is 3. The summed E-state index contributed by atoms with van der Waals surface area (Å²) in [5, 5.41) is 0. The second-order valence-electron chi connectivity index (χ2n) is 4.41. The Bertz CT molecular complexity index is 465. The Balaban J connectivity index is 2.27. The molecule has 0 bridgehead atoms. The van der Waals surface area contributed by atoms with Crippen LogP contribution in [0.2, 0.25) is 0 Å². The van der Waals surface area contributed by atoms with Gasteiger partial charge < -0.3 is 10.6 Å². The molecule has 1 unspecified atom stereocenters. The van der Waals surface area contributed by atoms with Crippen LogP contribution >= 0.6 is 0 Å². The van der Waals surface area contributed by atoms with Crippen molar-refractivity contribution in [3.8, 4) is 0 Å². The van der Waals surface area contributed by atoms with Crippen LogP contribution in [0.15, 0.2) is 6.33 Å². The molecule has 1 fully saturated rings. The van der Waals surface area contributed by atoms with E-state index in [-0.39, 0.29) is 13.0 Å². The third-order valence-corrected chi connectivity index (χ3v) is 3.27. The van der Waals surface area contributed by atoms with E-state index < -0.39 is 11.6 Å². The fourth-order valence-electron chi connectivity index (χ4n) is 2.00. The van der Waals surface area contributed by atoms with E-state index in [9.17, 15) is 9.18 Å². The van der Waals surface area contributed by atoms with Gasteiger partial charge in [-0.1, -0.05) is 0 Å². The average molecular weight is 238 g/mol. The van der Waals surface area contributed by atoms with Gasteiger partial charge in [0.25, 0.3) is 5.91 Å². The quantitative estimate of drug-likeness (QED) is 0.814. The molecule has 1 aliphatic heterocycles. The smallest absolute Gasteiger partial charge is 0.257 e. The summed E-state index contributed by atoms with van der Waals surface area (Å²) >= 11 is 0. The second-order valence-corrected chi connectivity index (χ2v) is 4.41. The fourth-order valence-corrected chi connectivity index (χ4v) is 2.00. The van der Waals surface area contributed by atoms with E-state index >= 15 is 0 Å². The van der Waals surface area contributed by atoms with Crippen molar-refractivity contribution in [3.05, 3.63) is 17.6 Å². The van der Waals surface area contributed by atoms with E-state index in [1.165, 1.54) is 6.33 Å². The molecule has 0 radical (unpaired) electrons.